The predicted octanol–water partition coefficient (Wildman–Crippen LogP) is 1.37. The van der Waals surface area contributed by atoms with Crippen molar-refractivity contribution in [3.05, 3.63) is 5.82 Å². The van der Waals surface area contributed by atoms with Gasteiger partial charge < -0.3 is 9.30 Å². The molecule has 1 aliphatic rings. The molecule has 2 amide bonds. The average molecular weight is 298 g/mol. The van der Waals surface area contributed by atoms with Crippen LogP contribution in [0.15, 0.2) is 5.16 Å². The molecule has 2 rings (SSSR count). The highest BCUT2D eigenvalue weighted by Crippen LogP contribution is 2.21. The molecular formula is C12H18N4O3S. The van der Waals surface area contributed by atoms with Gasteiger partial charge in [0.05, 0.1) is 12.4 Å². The van der Waals surface area contributed by atoms with Crippen molar-refractivity contribution in [1.82, 2.24) is 20.1 Å². The number of thioether (sulfide) groups is 1. The maximum absolute atomic E-state index is 11.6. The van der Waals surface area contributed by atoms with Crippen LogP contribution in [0.3, 0.4) is 0 Å². The van der Waals surface area contributed by atoms with Gasteiger partial charge in [0.25, 0.3) is 0 Å². The number of fused-ring (bicyclic) bond motifs is 1. The van der Waals surface area contributed by atoms with E-state index in [1.54, 1.807) is 6.92 Å². The largest absolute Gasteiger partial charge is 0.450 e. The smallest absolute Gasteiger partial charge is 0.413 e. The first-order chi connectivity index (χ1) is 9.70. The number of imide groups is 1. The summed E-state index contributed by atoms with van der Waals surface area (Å²) >= 11 is 1.29. The molecule has 1 N–H and O–H groups in total. The summed E-state index contributed by atoms with van der Waals surface area (Å²) in [7, 11) is 0. The van der Waals surface area contributed by atoms with Crippen molar-refractivity contribution in [3.63, 3.8) is 0 Å². The molecule has 110 valence electrons. The second kappa shape index (κ2) is 7.28. The number of ether oxygens (including phenoxy) is 1. The molecule has 0 saturated heterocycles. The predicted molar refractivity (Wildman–Crippen MR) is 73.5 cm³/mol. The van der Waals surface area contributed by atoms with Crippen LogP contribution in [0.1, 0.15) is 32.0 Å². The van der Waals surface area contributed by atoms with Crippen molar-refractivity contribution >= 4 is 23.8 Å². The van der Waals surface area contributed by atoms with E-state index in [2.05, 4.69) is 24.8 Å². The number of amides is 2. The summed E-state index contributed by atoms with van der Waals surface area (Å²) in [5, 5.41) is 11.2. The number of rotatable bonds is 4. The van der Waals surface area contributed by atoms with E-state index in [0.717, 1.165) is 36.8 Å². The zero-order valence-electron chi connectivity index (χ0n) is 11.4. The zero-order valence-corrected chi connectivity index (χ0v) is 12.2. The Bertz CT molecular complexity index is 489. The van der Waals surface area contributed by atoms with Crippen LogP contribution in [0.5, 0.6) is 0 Å². The van der Waals surface area contributed by atoms with Crippen LogP contribution in [-0.4, -0.2) is 39.1 Å². The molecule has 7 nitrogen and oxygen atoms in total. The minimum Gasteiger partial charge on any atom is -0.450 e. The van der Waals surface area contributed by atoms with Gasteiger partial charge in [-0.3, -0.25) is 10.1 Å². The molecule has 1 aliphatic heterocycles. The Morgan fingerprint density at radius 1 is 1.35 bits per heavy atom. The van der Waals surface area contributed by atoms with E-state index in [-0.39, 0.29) is 18.3 Å². The standard InChI is InChI=1S/C12H18N4O3S/c1-2-19-12(18)13-10(17)8-20-11-15-14-9-6-4-3-5-7-16(9)11/h2-8H2,1H3,(H,13,17,18). The number of carbonyl (C=O) groups excluding carboxylic acids is 2. The first-order valence-corrected chi connectivity index (χ1v) is 7.70. The molecule has 0 unspecified atom stereocenters. The van der Waals surface area contributed by atoms with Crippen LogP contribution < -0.4 is 5.32 Å². The number of hydrogen-bond donors (Lipinski definition) is 1. The van der Waals surface area contributed by atoms with Crippen molar-refractivity contribution in [2.45, 2.75) is 44.3 Å². The molecule has 1 aromatic heterocycles. The Hall–Kier alpha value is -1.57. The van der Waals surface area contributed by atoms with Crippen LogP contribution in [0.4, 0.5) is 4.79 Å². The molecule has 20 heavy (non-hydrogen) atoms. The quantitative estimate of drug-likeness (QED) is 0.845. The second-order valence-corrected chi connectivity index (χ2v) is 5.36. The molecule has 0 radical (unpaired) electrons. The van der Waals surface area contributed by atoms with Gasteiger partial charge in [-0.05, 0) is 19.8 Å². The summed E-state index contributed by atoms with van der Waals surface area (Å²) in [6, 6.07) is 0. The Morgan fingerprint density at radius 3 is 3.00 bits per heavy atom. The van der Waals surface area contributed by atoms with Gasteiger partial charge in [-0.2, -0.15) is 0 Å². The molecular weight excluding hydrogens is 280 g/mol. The SMILES string of the molecule is CCOC(=O)NC(=O)CSc1nnc2n1CCCCC2. The fraction of sp³-hybridized carbons (Fsp3) is 0.667. The van der Waals surface area contributed by atoms with Crippen LogP contribution in [0.25, 0.3) is 0 Å². The maximum atomic E-state index is 11.6. The minimum atomic E-state index is -0.710. The van der Waals surface area contributed by atoms with E-state index in [9.17, 15) is 9.59 Å². The summed E-state index contributed by atoms with van der Waals surface area (Å²) in [4.78, 5) is 22.7. The van der Waals surface area contributed by atoms with E-state index in [1.165, 1.54) is 18.2 Å². The lowest BCUT2D eigenvalue weighted by Crippen LogP contribution is -2.32. The molecule has 0 bridgehead atoms. The van der Waals surface area contributed by atoms with Gasteiger partial charge in [0.1, 0.15) is 5.82 Å². The molecule has 0 fully saturated rings. The third kappa shape index (κ3) is 3.96. The minimum absolute atomic E-state index is 0.122. The van der Waals surface area contributed by atoms with Gasteiger partial charge in [-0.15, -0.1) is 10.2 Å². The molecule has 0 atom stereocenters. The Morgan fingerprint density at radius 2 is 2.20 bits per heavy atom. The fourth-order valence-electron chi connectivity index (χ4n) is 2.01. The number of nitrogens with zero attached hydrogens (tertiary/aromatic N) is 3. The lowest BCUT2D eigenvalue weighted by molar-refractivity contribution is -0.117. The van der Waals surface area contributed by atoms with Crippen LogP contribution in [0, 0.1) is 0 Å². The zero-order chi connectivity index (χ0) is 14.4. The normalized spacial score (nSPS) is 14.2. The van der Waals surface area contributed by atoms with Crippen LogP contribution in [-0.2, 0) is 22.5 Å². The Labute approximate surface area is 121 Å². The summed E-state index contributed by atoms with van der Waals surface area (Å²) in [5.74, 6) is 0.715. The number of aromatic nitrogens is 3. The van der Waals surface area contributed by atoms with E-state index in [0.29, 0.717) is 0 Å². The molecule has 1 aromatic rings. The van der Waals surface area contributed by atoms with Gasteiger partial charge in [0, 0.05) is 13.0 Å². The fourth-order valence-corrected chi connectivity index (χ4v) is 2.80. The van der Waals surface area contributed by atoms with Gasteiger partial charge >= 0.3 is 6.09 Å². The second-order valence-electron chi connectivity index (χ2n) is 4.42. The number of nitrogens with one attached hydrogen (secondary N) is 1. The van der Waals surface area contributed by atoms with Gasteiger partial charge in [-0.25, -0.2) is 4.79 Å². The number of alkyl carbamates (subject to hydrolysis) is 1. The molecule has 0 aliphatic carbocycles. The highest BCUT2D eigenvalue weighted by molar-refractivity contribution is 7.99. The number of carbonyl (C=O) groups is 2. The highest BCUT2D eigenvalue weighted by Gasteiger charge is 2.16. The van der Waals surface area contributed by atoms with E-state index >= 15 is 0 Å². The average Bonchev–Trinajstić information content (AvgIpc) is 2.64. The lowest BCUT2D eigenvalue weighted by Gasteiger charge is -2.06. The van der Waals surface area contributed by atoms with Crippen molar-refractivity contribution in [2.24, 2.45) is 0 Å². The first-order valence-electron chi connectivity index (χ1n) is 6.72. The Balaban J connectivity index is 1.86. The maximum Gasteiger partial charge on any atom is 0.413 e. The Kier molecular flexibility index (Phi) is 5.40. The molecule has 0 aromatic carbocycles. The third-order valence-corrected chi connectivity index (χ3v) is 3.89. The number of hydrogen-bond acceptors (Lipinski definition) is 6. The highest BCUT2D eigenvalue weighted by atomic mass is 32.2. The summed E-state index contributed by atoms with van der Waals surface area (Å²) < 4.78 is 6.71. The van der Waals surface area contributed by atoms with Crippen LogP contribution >= 0.6 is 11.8 Å². The van der Waals surface area contributed by atoms with E-state index in [4.69, 9.17) is 0 Å². The topological polar surface area (TPSA) is 86.1 Å². The van der Waals surface area contributed by atoms with Crippen molar-refractivity contribution in [1.29, 1.82) is 0 Å². The van der Waals surface area contributed by atoms with Crippen LogP contribution in [0.2, 0.25) is 0 Å². The number of aryl methyl sites for hydroxylation is 1. The third-order valence-electron chi connectivity index (χ3n) is 2.92. The van der Waals surface area contributed by atoms with Gasteiger partial charge in [0.2, 0.25) is 5.91 Å². The van der Waals surface area contributed by atoms with E-state index < -0.39 is 6.09 Å². The summed E-state index contributed by atoms with van der Waals surface area (Å²) in [6.45, 7) is 2.82. The lowest BCUT2D eigenvalue weighted by atomic mass is 10.2. The first kappa shape index (κ1) is 14.8. The van der Waals surface area contributed by atoms with Crippen molar-refractivity contribution < 1.29 is 14.3 Å². The van der Waals surface area contributed by atoms with Gasteiger partial charge in [0.15, 0.2) is 5.16 Å². The molecule has 2 heterocycles. The monoisotopic (exact) mass is 298 g/mol. The molecule has 0 saturated carbocycles. The molecule has 8 heteroatoms. The van der Waals surface area contributed by atoms with Crippen molar-refractivity contribution in [2.75, 3.05) is 12.4 Å². The summed E-state index contributed by atoms with van der Waals surface area (Å²) in [5.41, 5.74) is 0. The molecule has 0 spiro atoms. The van der Waals surface area contributed by atoms with Gasteiger partial charge in [-0.1, -0.05) is 18.2 Å². The van der Waals surface area contributed by atoms with E-state index in [1.807, 2.05) is 0 Å². The van der Waals surface area contributed by atoms with Crippen molar-refractivity contribution in [3.8, 4) is 0 Å². The summed E-state index contributed by atoms with van der Waals surface area (Å²) in [6.07, 6.45) is 3.65.